The summed E-state index contributed by atoms with van der Waals surface area (Å²) in [5, 5.41) is 3.33. The molecule has 1 saturated heterocycles. The molecule has 0 radical (unpaired) electrons. The van der Waals surface area contributed by atoms with E-state index in [-0.39, 0.29) is 24.9 Å². The highest BCUT2D eigenvalue weighted by Crippen LogP contribution is 2.25. The fraction of sp³-hybridized carbons (Fsp3) is 0.200. The Kier molecular flexibility index (Phi) is 3.03. The van der Waals surface area contributed by atoms with E-state index < -0.39 is 0 Å². The molecule has 1 aromatic carbocycles. The van der Waals surface area contributed by atoms with Crippen LogP contribution < -0.4 is 10.2 Å². The molecule has 0 unspecified atom stereocenters. The lowest BCUT2D eigenvalue weighted by molar-refractivity contribution is -0.128. The van der Waals surface area contributed by atoms with Gasteiger partial charge in [0.25, 0.3) is 0 Å². The van der Waals surface area contributed by atoms with Gasteiger partial charge in [0.1, 0.15) is 6.54 Å². The number of rotatable bonds is 1. The number of amides is 2. The highest BCUT2D eigenvalue weighted by Gasteiger charge is 2.24. The topological polar surface area (TPSA) is 49.4 Å². The van der Waals surface area contributed by atoms with Crippen LogP contribution in [0.25, 0.3) is 0 Å². The predicted molar refractivity (Wildman–Crippen MR) is 61.8 cm³/mol. The van der Waals surface area contributed by atoms with Crippen molar-refractivity contribution in [1.29, 1.82) is 0 Å². The molecule has 0 spiro atoms. The third-order valence-electron chi connectivity index (χ3n) is 2.20. The lowest BCUT2D eigenvalue weighted by Gasteiger charge is -2.26. The molecule has 1 aliphatic heterocycles. The van der Waals surface area contributed by atoms with E-state index in [9.17, 15) is 9.59 Å². The van der Waals surface area contributed by atoms with Crippen LogP contribution in [0.5, 0.6) is 0 Å². The fourth-order valence-corrected chi connectivity index (χ4v) is 2.00. The van der Waals surface area contributed by atoms with Crippen molar-refractivity contribution in [2.45, 2.75) is 0 Å². The number of hydrogen-bond acceptors (Lipinski definition) is 2. The van der Waals surface area contributed by atoms with Crippen LogP contribution in [0.2, 0.25) is 10.0 Å². The number of carbonyl (C=O) groups is 2. The van der Waals surface area contributed by atoms with Crippen LogP contribution in [0.4, 0.5) is 5.69 Å². The van der Waals surface area contributed by atoms with E-state index in [1.54, 1.807) is 18.2 Å². The van der Waals surface area contributed by atoms with E-state index in [1.807, 2.05) is 0 Å². The molecule has 1 N–H and O–H groups in total. The van der Waals surface area contributed by atoms with E-state index in [4.69, 9.17) is 23.2 Å². The maximum absolute atomic E-state index is 11.6. The fourth-order valence-electron chi connectivity index (χ4n) is 1.49. The summed E-state index contributed by atoms with van der Waals surface area (Å²) in [6, 6.07) is 4.77. The van der Waals surface area contributed by atoms with E-state index in [0.29, 0.717) is 15.7 Å². The maximum atomic E-state index is 11.6. The van der Waals surface area contributed by atoms with Crippen LogP contribution in [0.1, 0.15) is 0 Å². The molecule has 0 aromatic heterocycles. The lowest BCUT2D eigenvalue weighted by Crippen LogP contribution is -2.51. The Morgan fingerprint density at radius 3 is 2.38 bits per heavy atom. The molecule has 1 aliphatic rings. The largest absolute Gasteiger partial charge is 0.345 e. The number of nitrogens with zero attached hydrogens (tertiary/aromatic N) is 1. The molecule has 1 aromatic rings. The monoisotopic (exact) mass is 258 g/mol. The molecule has 2 amide bonds. The molecule has 84 valence electrons. The smallest absolute Gasteiger partial charge is 0.246 e. The minimum absolute atomic E-state index is 0.00294. The quantitative estimate of drug-likeness (QED) is 0.829. The van der Waals surface area contributed by atoms with Gasteiger partial charge in [0.2, 0.25) is 11.8 Å². The van der Waals surface area contributed by atoms with E-state index >= 15 is 0 Å². The summed E-state index contributed by atoms with van der Waals surface area (Å²) in [5.41, 5.74) is 0.539. The van der Waals surface area contributed by atoms with Crippen LogP contribution in [-0.2, 0) is 9.59 Å². The van der Waals surface area contributed by atoms with Gasteiger partial charge in [-0.1, -0.05) is 23.2 Å². The number of carbonyl (C=O) groups excluding carboxylic acids is 2. The van der Waals surface area contributed by atoms with Gasteiger partial charge in [-0.15, -0.1) is 0 Å². The Labute approximate surface area is 102 Å². The second kappa shape index (κ2) is 4.31. The third kappa shape index (κ3) is 2.28. The number of anilines is 1. The van der Waals surface area contributed by atoms with E-state index in [1.165, 1.54) is 4.90 Å². The van der Waals surface area contributed by atoms with Crippen molar-refractivity contribution in [2.75, 3.05) is 18.0 Å². The molecule has 4 nitrogen and oxygen atoms in total. The van der Waals surface area contributed by atoms with Crippen LogP contribution in [-0.4, -0.2) is 24.9 Å². The van der Waals surface area contributed by atoms with Gasteiger partial charge in [0.05, 0.1) is 6.54 Å². The molecule has 0 saturated carbocycles. The molecule has 1 fully saturated rings. The molecular weight excluding hydrogens is 251 g/mol. The van der Waals surface area contributed by atoms with Crippen molar-refractivity contribution in [3.8, 4) is 0 Å². The van der Waals surface area contributed by atoms with Gasteiger partial charge in [-0.3, -0.25) is 9.59 Å². The van der Waals surface area contributed by atoms with Gasteiger partial charge in [0.15, 0.2) is 0 Å². The van der Waals surface area contributed by atoms with E-state index in [0.717, 1.165) is 0 Å². The van der Waals surface area contributed by atoms with Gasteiger partial charge in [0, 0.05) is 15.7 Å². The highest BCUT2D eigenvalue weighted by molar-refractivity contribution is 6.35. The standard InChI is InChI=1S/C10H8Cl2N2O2/c11-6-1-7(12)3-8(2-6)14-5-9(15)13-4-10(14)16/h1-3H,4-5H2,(H,13,15). The Morgan fingerprint density at radius 2 is 1.75 bits per heavy atom. The molecule has 0 aliphatic carbocycles. The summed E-state index contributed by atoms with van der Waals surface area (Å²) in [4.78, 5) is 24.1. The lowest BCUT2D eigenvalue weighted by atomic mass is 10.2. The van der Waals surface area contributed by atoms with Crippen LogP contribution in [0.3, 0.4) is 0 Å². The van der Waals surface area contributed by atoms with Crippen LogP contribution >= 0.6 is 23.2 Å². The minimum atomic E-state index is -0.198. The van der Waals surface area contributed by atoms with Crippen molar-refractivity contribution in [3.63, 3.8) is 0 Å². The molecule has 1 heterocycles. The first-order valence-corrected chi connectivity index (χ1v) is 5.35. The van der Waals surface area contributed by atoms with Crippen molar-refractivity contribution in [2.24, 2.45) is 0 Å². The first-order chi connectivity index (χ1) is 7.56. The Bertz CT molecular complexity index is 442. The molecule has 6 heteroatoms. The zero-order valence-electron chi connectivity index (χ0n) is 8.17. The highest BCUT2D eigenvalue weighted by atomic mass is 35.5. The van der Waals surface area contributed by atoms with Crippen LogP contribution in [0.15, 0.2) is 18.2 Å². The molecular formula is C10H8Cl2N2O2. The van der Waals surface area contributed by atoms with Crippen molar-refractivity contribution >= 4 is 40.7 Å². The van der Waals surface area contributed by atoms with Gasteiger partial charge in [-0.2, -0.15) is 0 Å². The van der Waals surface area contributed by atoms with Crippen LogP contribution in [0, 0.1) is 0 Å². The number of nitrogens with one attached hydrogen (secondary N) is 1. The molecule has 2 rings (SSSR count). The first kappa shape index (κ1) is 11.2. The van der Waals surface area contributed by atoms with Gasteiger partial charge in [-0.25, -0.2) is 0 Å². The Morgan fingerprint density at radius 1 is 1.12 bits per heavy atom. The number of piperazine rings is 1. The van der Waals surface area contributed by atoms with E-state index in [2.05, 4.69) is 5.32 Å². The summed E-state index contributed by atoms with van der Waals surface area (Å²) >= 11 is 11.7. The predicted octanol–water partition coefficient (Wildman–Crippen LogP) is 1.46. The Hall–Kier alpha value is -1.26. The average molecular weight is 259 g/mol. The summed E-state index contributed by atoms with van der Waals surface area (Å²) in [6.07, 6.45) is 0. The second-order valence-electron chi connectivity index (χ2n) is 3.38. The summed E-state index contributed by atoms with van der Waals surface area (Å²) in [6.45, 7) is -0.00152. The number of hydrogen-bond donors (Lipinski definition) is 1. The summed E-state index contributed by atoms with van der Waals surface area (Å²) in [5.74, 6) is -0.381. The molecule has 0 atom stereocenters. The summed E-state index contributed by atoms with van der Waals surface area (Å²) < 4.78 is 0. The average Bonchev–Trinajstić information content (AvgIpc) is 2.20. The van der Waals surface area contributed by atoms with Gasteiger partial charge in [-0.05, 0) is 18.2 Å². The zero-order chi connectivity index (χ0) is 11.7. The van der Waals surface area contributed by atoms with Crippen molar-refractivity contribution in [1.82, 2.24) is 5.32 Å². The SMILES string of the molecule is O=C1CN(c2cc(Cl)cc(Cl)c2)C(=O)CN1. The van der Waals surface area contributed by atoms with Crippen molar-refractivity contribution in [3.05, 3.63) is 28.2 Å². The summed E-state index contributed by atoms with van der Waals surface area (Å²) in [7, 11) is 0. The zero-order valence-corrected chi connectivity index (χ0v) is 9.68. The van der Waals surface area contributed by atoms with Crippen molar-refractivity contribution < 1.29 is 9.59 Å². The van der Waals surface area contributed by atoms with Gasteiger partial charge < -0.3 is 10.2 Å². The minimum Gasteiger partial charge on any atom is -0.345 e. The number of benzene rings is 1. The Balaban J connectivity index is 2.34. The van der Waals surface area contributed by atoms with Gasteiger partial charge >= 0.3 is 0 Å². The second-order valence-corrected chi connectivity index (χ2v) is 4.26. The number of halogens is 2. The third-order valence-corrected chi connectivity index (χ3v) is 2.63. The first-order valence-electron chi connectivity index (χ1n) is 4.59. The maximum Gasteiger partial charge on any atom is 0.246 e. The normalized spacial score (nSPS) is 16.2. The molecule has 0 bridgehead atoms. The molecule has 16 heavy (non-hydrogen) atoms.